The Labute approximate surface area is 98.7 Å². The molecular formula is C12H12N2O3. The number of amides is 1. The van der Waals surface area contributed by atoms with Crippen molar-refractivity contribution in [3.63, 3.8) is 0 Å². The minimum Gasteiger partial charge on any atom is -0.480 e. The Balaban J connectivity index is 2.84. The molecule has 88 valence electrons. The first-order chi connectivity index (χ1) is 7.86. The highest BCUT2D eigenvalue weighted by atomic mass is 16.4. The normalized spacial score (nSPS) is 10.4. The van der Waals surface area contributed by atoms with E-state index in [1.165, 1.54) is 38.1 Å². The molecule has 0 heterocycles. The predicted molar refractivity (Wildman–Crippen MR) is 60.3 cm³/mol. The van der Waals surface area contributed by atoms with Gasteiger partial charge >= 0.3 is 5.97 Å². The smallest absolute Gasteiger partial charge is 0.328 e. The van der Waals surface area contributed by atoms with Gasteiger partial charge < -0.3 is 10.4 Å². The summed E-state index contributed by atoms with van der Waals surface area (Å²) in [6.07, 6.45) is 0. The lowest BCUT2D eigenvalue weighted by molar-refractivity contribution is -0.143. The summed E-state index contributed by atoms with van der Waals surface area (Å²) in [5.74, 6) is -1.60. The molecule has 0 fully saturated rings. The van der Waals surface area contributed by atoms with Crippen LogP contribution in [0.5, 0.6) is 0 Å². The molecule has 1 aromatic rings. The molecule has 0 radical (unpaired) electrons. The van der Waals surface area contributed by atoms with Crippen molar-refractivity contribution in [2.24, 2.45) is 0 Å². The molecule has 0 saturated heterocycles. The van der Waals surface area contributed by atoms with E-state index in [0.717, 1.165) is 0 Å². The second-order valence-electron chi connectivity index (χ2n) is 4.07. The number of aliphatic carboxylic acids is 1. The molecule has 5 nitrogen and oxygen atoms in total. The van der Waals surface area contributed by atoms with Crippen molar-refractivity contribution in [2.75, 3.05) is 0 Å². The van der Waals surface area contributed by atoms with Crippen LogP contribution in [0.4, 0.5) is 0 Å². The summed E-state index contributed by atoms with van der Waals surface area (Å²) in [7, 11) is 0. The quantitative estimate of drug-likeness (QED) is 0.817. The van der Waals surface area contributed by atoms with Gasteiger partial charge in [-0.3, -0.25) is 4.79 Å². The van der Waals surface area contributed by atoms with E-state index >= 15 is 0 Å². The van der Waals surface area contributed by atoms with E-state index in [9.17, 15) is 9.59 Å². The van der Waals surface area contributed by atoms with Gasteiger partial charge in [0.2, 0.25) is 0 Å². The molecule has 5 heteroatoms. The van der Waals surface area contributed by atoms with Gasteiger partial charge in [0.25, 0.3) is 5.91 Å². The molecule has 0 aliphatic rings. The van der Waals surface area contributed by atoms with Crippen LogP contribution in [-0.4, -0.2) is 22.5 Å². The largest absolute Gasteiger partial charge is 0.480 e. The van der Waals surface area contributed by atoms with Crippen LogP contribution in [0.2, 0.25) is 0 Å². The predicted octanol–water partition coefficient (Wildman–Crippen LogP) is 1.15. The molecular weight excluding hydrogens is 220 g/mol. The molecule has 0 aliphatic carbocycles. The van der Waals surface area contributed by atoms with Crippen LogP contribution >= 0.6 is 0 Å². The van der Waals surface area contributed by atoms with Crippen molar-refractivity contribution in [1.29, 1.82) is 5.26 Å². The average Bonchev–Trinajstić information content (AvgIpc) is 2.28. The zero-order chi connectivity index (χ0) is 13.1. The lowest BCUT2D eigenvalue weighted by Gasteiger charge is -2.20. The van der Waals surface area contributed by atoms with Crippen LogP contribution in [0.3, 0.4) is 0 Å². The number of carbonyl (C=O) groups excluding carboxylic acids is 1. The number of carbonyl (C=O) groups is 2. The third-order valence-electron chi connectivity index (χ3n) is 2.24. The number of hydrogen-bond donors (Lipinski definition) is 2. The molecule has 0 unspecified atom stereocenters. The maximum Gasteiger partial charge on any atom is 0.328 e. The summed E-state index contributed by atoms with van der Waals surface area (Å²) in [5, 5.41) is 19.8. The van der Waals surface area contributed by atoms with Crippen molar-refractivity contribution >= 4 is 11.9 Å². The SMILES string of the molecule is CC(C)(NC(=O)c1ccc(C#N)cc1)C(=O)O. The molecule has 1 rings (SSSR count). The maximum atomic E-state index is 11.7. The van der Waals surface area contributed by atoms with E-state index in [0.29, 0.717) is 11.1 Å². The molecule has 0 saturated carbocycles. The zero-order valence-corrected chi connectivity index (χ0v) is 9.52. The fourth-order valence-corrected chi connectivity index (χ4v) is 1.11. The van der Waals surface area contributed by atoms with E-state index in [2.05, 4.69) is 5.32 Å². The van der Waals surface area contributed by atoms with Crippen molar-refractivity contribution in [3.8, 4) is 6.07 Å². The van der Waals surface area contributed by atoms with Crippen molar-refractivity contribution in [1.82, 2.24) is 5.32 Å². The van der Waals surface area contributed by atoms with Gasteiger partial charge in [-0.05, 0) is 38.1 Å². The van der Waals surface area contributed by atoms with Crippen LogP contribution in [0, 0.1) is 11.3 Å². The Morgan fingerprint density at radius 3 is 2.24 bits per heavy atom. The van der Waals surface area contributed by atoms with Crippen LogP contribution in [0.25, 0.3) is 0 Å². The molecule has 1 aromatic carbocycles. The number of benzene rings is 1. The van der Waals surface area contributed by atoms with Gasteiger partial charge in [0.05, 0.1) is 11.6 Å². The fourth-order valence-electron chi connectivity index (χ4n) is 1.11. The van der Waals surface area contributed by atoms with Crippen molar-refractivity contribution in [2.45, 2.75) is 19.4 Å². The molecule has 2 N–H and O–H groups in total. The highest BCUT2D eigenvalue weighted by Gasteiger charge is 2.29. The first kappa shape index (κ1) is 12.7. The van der Waals surface area contributed by atoms with Gasteiger partial charge in [-0.1, -0.05) is 0 Å². The molecule has 17 heavy (non-hydrogen) atoms. The third kappa shape index (κ3) is 3.05. The molecule has 1 amide bonds. The van der Waals surface area contributed by atoms with Gasteiger partial charge in [-0.2, -0.15) is 5.26 Å². The van der Waals surface area contributed by atoms with E-state index in [-0.39, 0.29) is 0 Å². The number of nitriles is 1. The number of carboxylic acid groups (broad SMARTS) is 1. The lowest BCUT2D eigenvalue weighted by Crippen LogP contribution is -2.49. The topological polar surface area (TPSA) is 90.2 Å². The van der Waals surface area contributed by atoms with Crippen LogP contribution in [0.1, 0.15) is 29.8 Å². The van der Waals surface area contributed by atoms with E-state index < -0.39 is 17.4 Å². The molecule has 0 aromatic heterocycles. The average molecular weight is 232 g/mol. The van der Waals surface area contributed by atoms with Crippen molar-refractivity contribution < 1.29 is 14.7 Å². The van der Waals surface area contributed by atoms with E-state index in [1.807, 2.05) is 6.07 Å². The number of nitrogens with one attached hydrogen (secondary N) is 1. The standard InChI is InChI=1S/C12H12N2O3/c1-12(2,11(16)17)14-10(15)9-5-3-8(7-13)4-6-9/h3-6H,1-2H3,(H,14,15)(H,16,17). The van der Waals surface area contributed by atoms with Gasteiger partial charge in [0, 0.05) is 5.56 Å². The van der Waals surface area contributed by atoms with Gasteiger partial charge in [0.1, 0.15) is 5.54 Å². The number of hydrogen-bond acceptors (Lipinski definition) is 3. The lowest BCUT2D eigenvalue weighted by atomic mass is 10.0. The first-order valence-corrected chi connectivity index (χ1v) is 4.93. The van der Waals surface area contributed by atoms with Crippen LogP contribution in [0.15, 0.2) is 24.3 Å². The minimum absolute atomic E-state index is 0.318. The highest BCUT2D eigenvalue weighted by Crippen LogP contribution is 2.07. The van der Waals surface area contributed by atoms with E-state index in [4.69, 9.17) is 10.4 Å². The Bertz CT molecular complexity index is 483. The summed E-state index contributed by atoms with van der Waals surface area (Å²) >= 11 is 0. The highest BCUT2D eigenvalue weighted by molar-refractivity contribution is 5.97. The summed E-state index contributed by atoms with van der Waals surface area (Å²) in [5.41, 5.74) is -0.567. The summed E-state index contributed by atoms with van der Waals surface area (Å²) < 4.78 is 0. The zero-order valence-electron chi connectivity index (χ0n) is 9.52. The molecule has 0 bridgehead atoms. The van der Waals surface area contributed by atoms with Crippen LogP contribution < -0.4 is 5.32 Å². The van der Waals surface area contributed by atoms with Gasteiger partial charge in [0.15, 0.2) is 0 Å². The minimum atomic E-state index is -1.33. The number of rotatable bonds is 3. The number of nitrogens with zero attached hydrogens (tertiary/aromatic N) is 1. The fraction of sp³-hybridized carbons (Fsp3) is 0.250. The molecule has 0 spiro atoms. The van der Waals surface area contributed by atoms with Crippen LogP contribution in [-0.2, 0) is 4.79 Å². The summed E-state index contributed by atoms with van der Waals surface area (Å²) in [6.45, 7) is 2.80. The second kappa shape index (κ2) is 4.66. The maximum absolute atomic E-state index is 11.7. The Morgan fingerprint density at radius 2 is 1.82 bits per heavy atom. The second-order valence-corrected chi connectivity index (χ2v) is 4.07. The summed E-state index contributed by atoms with van der Waals surface area (Å²) in [4.78, 5) is 22.5. The first-order valence-electron chi connectivity index (χ1n) is 4.93. The number of carboxylic acids is 1. The monoisotopic (exact) mass is 232 g/mol. The Kier molecular flexibility index (Phi) is 3.49. The third-order valence-corrected chi connectivity index (χ3v) is 2.24. The molecule has 0 atom stereocenters. The van der Waals surface area contributed by atoms with Gasteiger partial charge in [-0.25, -0.2) is 4.79 Å². The summed E-state index contributed by atoms with van der Waals surface area (Å²) in [6, 6.07) is 7.90. The van der Waals surface area contributed by atoms with Crippen molar-refractivity contribution in [3.05, 3.63) is 35.4 Å². The molecule has 0 aliphatic heterocycles. The Hall–Kier alpha value is -2.35. The van der Waals surface area contributed by atoms with E-state index in [1.54, 1.807) is 0 Å². The Morgan fingerprint density at radius 1 is 1.29 bits per heavy atom. The van der Waals surface area contributed by atoms with Gasteiger partial charge in [-0.15, -0.1) is 0 Å².